The zero-order valence-electron chi connectivity index (χ0n) is 12.7. The summed E-state index contributed by atoms with van der Waals surface area (Å²) in [6, 6.07) is 12.4. The first-order chi connectivity index (χ1) is 11.7. The van der Waals surface area contributed by atoms with Crippen molar-refractivity contribution in [3.05, 3.63) is 83.5 Å². The first-order valence-corrected chi connectivity index (χ1v) is 7.88. The van der Waals surface area contributed by atoms with E-state index in [1.807, 2.05) is 42.5 Å². The molecule has 1 spiro atoms. The summed E-state index contributed by atoms with van der Waals surface area (Å²) in [7, 11) is 0. The lowest BCUT2D eigenvalue weighted by atomic mass is 9.70. The van der Waals surface area contributed by atoms with Gasteiger partial charge < -0.3 is 14.6 Å². The molecule has 3 unspecified atom stereocenters. The molecule has 1 aliphatic carbocycles. The largest absolute Gasteiger partial charge is 0.508 e. The SMILES string of the molecule is O=C1OC2(c3ccc(O)cc3OC3C=CC=CC32)c2ccccc21. The number of hydrogen-bond acceptors (Lipinski definition) is 4. The molecule has 1 N–H and O–H groups in total. The summed E-state index contributed by atoms with van der Waals surface area (Å²) in [5, 5.41) is 9.84. The molecule has 5 rings (SSSR count). The van der Waals surface area contributed by atoms with E-state index in [0.29, 0.717) is 11.3 Å². The molecule has 0 saturated carbocycles. The average Bonchev–Trinajstić information content (AvgIpc) is 2.89. The Morgan fingerprint density at radius 2 is 1.83 bits per heavy atom. The minimum absolute atomic E-state index is 0.121. The van der Waals surface area contributed by atoms with Gasteiger partial charge in [-0.05, 0) is 24.3 Å². The predicted molar refractivity (Wildman–Crippen MR) is 86.9 cm³/mol. The summed E-state index contributed by atoms with van der Waals surface area (Å²) in [6.07, 6.45) is 7.59. The lowest BCUT2D eigenvalue weighted by Crippen LogP contribution is -2.48. The number of carbonyl (C=O) groups excluding carboxylic acids is 1. The molecule has 2 aromatic carbocycles. The normalized spacial score (nSPS) is 28.8. The number of fused-ring (bicyclic) bond motifs is 6. The van der Waals surface area contributed by atoms with Gasteiger partial charge in [0.25, 0.3) is 0 Å². The molecule has 118 valence electrons. The van der Waals surface area contributed by atoms with Crippen LogP contribution in [0.5, 0.6) is 11.5 Å². The molecule has 0 amide bonds. The third kappa shape index (κ3) is 1.55. The van der Waals surface area contributed by atoms with Gasteiger partial charge in [-0.1, -0.05) is 36.4 Å². The first-order valence-electron chi connectivity index (χ1n) is 7.88. The van der Waals surface area contributed by atoms with Crippen LogP contribution in [-0.4, -0.2) is 17.2 Å². The van der Waals surface area contributed by atoms with E-state index in [4.69, 9.17) is 9.47 Å². The summed E-state index contributed by atoms with van der Waals surface area (Å²) >= 11 is 0. The van der Waals surface area contributed by atoms with Crippen LogP contribution in [0, 0.1) is 5.92 Å². The topological polar surface area (TPSA) is 55.8 Å². The molecule has 3 atom stereocenters. The monoisotopic (exact) mass is 318 g/mol. The van der Waals surface area contributed by atoms with Gasteiger partial charge in [0.15, 0.2) is 5.60 Å². The highest BCUT2D eigenvalue weighted by molar-refractivity contribution is 5.96. The predicted octanol–water partition coefficient (Wildman–Crippen LogP) is 3.31. The van der Waals surface area contributed by atoms with E-state index in [2.05, 4.69) is 0 Å². The van der Waals surface area contributed by atoms with E-state index in [0.717, 1.165) is 11.1 Å². The number of ether oxygens (including phenoxy) is 2. The zero-order chi connectivity index (χ0) is 16.3. The van der Waals surface area contributed by atoms with Crippen molar-refractivity contribution in [1.82, 2.24) is 0 Å². The maximum atomic E-state index is 12.5. The number of benzene rings is 2. The van der Waals surface area contributed by atoms with Crippen molar-refractivity contribution in [3.63, 3.8) is 0 Å². The highest BCUT2D eigenvalue weighted by Crippen LogP contribution is 2.55. The van der Waals surface area contributed by atoms with Crippen molar-refractivity contribution in [2.45, 2.75) is 11.7 Å². The summed E-state index contributed by atoms with van der Waals surface area (Å²) < 4.78 is 12.1. The van der Waals surface area contributed by atoms with E-state index < -0.39 is 5.60 Å². The van der Waals surface area contributed by atoms with Crippen molar-refractivity contribution in [1.29, 1.82) is 0 Å². The molecular weight excluding hydrogens is 304 g/mol. The summed E-state index contributed by atoms with van der Waals surface area (Å²) in [6.45, 7) is 0. The van der Waals surface area contributed by atoms with E-state index >= 15 is 0 Å². The first kappa shape index (κ1) is 13.4. The standard InChI is InChI=1S/C20H14O4/c21-12-9-10-16-18(11-12)23-17-8-4-3-7-15(17)20(16)14-6-2-1-5-13(14)19(22)24-20/h1-11,15,17,21H. The average molecular weight is 318 g/mol. The Balaban J connectivity index is 1.85. The highest BCUT2D eigenvalue weighted by Gasteiger charge is 2.57. The van der Waals surface area contributed by atoms with E-state index in [-0.39, 0.29) is 23.7 Å². The van der Waals surface area contributed by atoms with Crippen LogP contribution in [0.1, 0.15) is 21.5 Å². The number of carbonyl (C=O) groups is 1. The fourth-order valence-corrected chi connectivity index (χ4v) is 4.00. The summed E-state index contributed by atoms with van der Waals surface area (Å²) in [4.78, 5) is 12.5. The quantitative estimate of drug-likeness (QED) is 0.757. The Morgan fingerprint density at radius 1 is 1.00 bits per heavy atom. The minimum Gasteiger partial charge on any atom is -0.508 e. The molecule has 2 heterocycles. The van der Waals surface area contributed by atoms with Crippen LogP contribution in [-0.2, 0) is 10.3 Å². The molecular formula is C20H14O4. The van der Waals surface area contributed by atoms with Crippen LogP contribution in [0.2, 0.25) is 0 Å². The van der Waals surface area contributed by atoms with Gasteiger partial charge in [0.2, 0.25) is 0 Å². The Morgan fingerprint density at radius 3 is 2.75 bits per heavy atom. The van der Waals surface area contributed by atoms with Crippen LogP contribution >= 0.6 is 0 Å². The van der Waals surface area contributed by atoms with Crippen molar-refractivity contribution < 1.29 is 19.4 Å². The molecule has 0 bridgehead atoms. The highest BCUT2D eigenvalue weighted by atomic mass is 16.6. The number of esters is 1. The number of allylic oxidation sites excluding steroid dienone is 2. The maximum Gasteiger partial charge on any atom is 0.339 e. The third-order valence-corrected chi connectivity index (χ3v) is 4.98. The molecule has 0 saturated heterocycles. The molecule has 4 nitrogen and oxygen atoms in total. The molecule has 4 heteroatoms. The Hall–Kier alpha value is -3.01. The Labute approximate surface area is 138 Å². The lowest BCUT2D eigenvalue weighted by molar-refractivity contribution is -0.0416. The van der Waals surface area contributed by atoms with Crippen LogP contribution in [0.25, 0.3) is 0 Å². The summed E-state index contributed by atoms with van der Waals surface area (Å²) in [5.41, 5.74) is 1.26. The summed E-state index contributed by atoms with van der Waals surface area (Å²) in [5.74, 6) is 0.177. The van der Waals surface area contributed by atoms with Crippen molar-refractivity contribution in [2.75, 3.05) is 0 Å². The molecule has 2 aliphatic heterocycles. The van der Waals surface area contributed by atoms with Crippen molar-refractivity contribution in [3.8, 4) is 11.5 Å². The number of aromatic hydroxyl groups is 1. The van der Waals surface area contributed by atoms with Crippen LogP contribution in [0.3, 0.4) is 0 Å². The van der Waals surface area contributed by atoms with Gasteiger partial charge in [0.05, 0.1) is 11.5 Å². The van der Waals surface area contributed by atoms with Crippen LogP contribution < -0.4 is 4.74 Å². The van der Waals surface area contributed by atoms with Gasteiger partial charge in [0, 0.05) is 17.2 Å². The van der Waals surface area contributed by atoms with Gasteiger partial charge >= 0.3 is 5.97 Å². The maximum absolute atomic E-state index is 12.5. The van der Waals surface area contributed by atoms with Gasteiger partial charge in [0.1, 0.15) is 17.6 Å². The smallest absolute Gasteiger partial charge is 0.339 e. The van der Waals surface area contributed by atoms with Gasteiger partial charge in [-0.15, -0.1) is 0 Å². The van der Waals surface area contributed by atoms with Crippen LogP contribution in [0.15, 0.2) is 66.8 Å². The number of rotatable bonds is 0. The van der Waals surface area contributed by atoms with Gasteiger partial charge in [-0.25, -0.2) is 4.79 Å². The Kier molecular flexibility index (Phi) is 2.52. The lowest BCUT2D eigenvalue weighted by Gasteiger charge is -2.44. The van der Waals surface area contributed by atoms with Crippen molar-refractivity contribution >= 4 is 5.97 Å². The molecule has 0 fully saturated rings. The molecule has 2 aromatic rings. The zero-order valence-corrected chi connectivity index (χ0v) is 12.7. The van der Waals surface area contributed by atoms with Gasteiger partial charge in [-0.3, -0.25) is 0 Å². The van der Waals surface area contributed by atoms with E-state index in [1.165, 1.54) is 0 Å². The fraction of sp³-hybridized carbons (Fsp3) is 0.150. The Bertz CT molecular complexity index is 927. The fourth-order valence-electron chi connectivity index (χ4n) is 4.00. The van der Waals surface area contributed by atoms with Gasteiger partial charge in [-0.2, -0.15) is 0 Å². The van der Waals surface area contributed by atoms with Crippen LogP contribution in [0.4, 0.5) is 0 Å². The molecule has 0 aromatic heterocycles. The van der Waals surface area contributed by atoms with E-state index in [9.17, 15) is 9.90 Å². The van der Waals surface area contributed by atoms with Crippen molar-refractivity contribution in [2.24, 2.45) is 5.92 Å². The molecule has 3 aliphatic rings. The molecule has 0 radical (unpaired) electrons. The number of phenolic OH excluding ortho intramolecular Hbond substituents is 1. The second-order valence-electron chi connectivity index (χ2n) is 6.23. The number of phenols is 1. The second-order valence-corrected chi connectivity index (χ2v) is 6.23. The third-order valence-electron chi connectivity index (χ3n) is 4.98. The second kappa shape index (κ2) is 4.51. The molecule has 24 heavy (non-hydrogen) atoms. The minimum atomic E-state index is -0.930. The van der Waals surface area contributed by atoms with E-state index in [1.54, 1.807) is 24.3 Å². The number of hydrogen-bond donors (Lipinski definition) is 1.